The fraction of sp³-hybridized carbons (Fsp3) is 0.357. The van der Waals surface area contributed by atoms with Gasteiger partial charge in [-0.05, 0) is 30.7 Å². The van der Waals surface area contributed by atoms with Crippen molar-refractivity contribution < 1.29 is 4.39 Å². The number of aromatic nitrogens is 1. The first-order valence-electron chi connectivity index (χ1n) is 6.17. The molecule has 0 amide bonds. The molecule has 2 rings (SSSR count). The van der Waals surface area contributed by atoms with E-state index < -0.39 is 0 Å². The molecule has 2 aromatic rings. The lowest BCUT2D eigenvalue weighted by molar-refractivity contribution is 0.551. The summed E-state index contributed by atoms with van der Waals surface area (Å²) in [4.78, 5) is 4.47. The topological polar surface area (TPSA) is 24.9 Å². The lowest BCUT2D eigenvalue weighted by Gasteiger charge is -2.04. The first-order chi connectivity index (χ1) is 9.06. The summed E-state index contributed by atoms with van der Waals surface area (Å²) in [6.07, 6.45) is 0. The smallest absolute Gasteiger partial charge is 0.132 e. The van der Waals surface area contributed by atoms with E-state index in [-0.39, 0.29) is 5.82 Å². The second kappa shape index (κ2) is 6.59. The molecule has 0 spiro atoms. The fourth-order valence-electron chi connectivity index (χ4n) is 1.68. The molecule has 0 saturated heterocycles. The number of nitrogens with zero attached hydrogens (tertiary/aromatic N) is 1. The first kappa shape index (κ1) is 14.6. The Balaban J connectivity index is 2.10. The summed E-state index contributed by atoms with van der Waals surface area (Å²) in [5, 5.41) is 6.22. The molecule has 0 bridgehead atoms. The van der Waals surface area contributed by atoms with E-state index in [0.717, 1.165) is 22.6 Å². The highest BCUT2D eigenvalue weighted by Crippen LogP contribution is 2.27. The van der Waals surface area contributed by atoms with Crippen molar-refractivity contribution in [1.29, 1.82) is 0 Å². The summed E-state index contributed by atoms with van der Waals surface area (Å²) in [6.45, 7) is 6.02. The zero-order valence-electron chi connectivity index (χ0n) is 10.9. The average molecular weight is 343 g/mol. The van der Waals surface area contributed by atoms with Gasteiger partial charge in [-0.1, -0.05) is 29.8 Å². The lowest BCUT2D eigenvalue weighted by atomic mass is 10.1. The SMILES string of the molecule is CC(C)CNCc1nc(-c2cc(Br)ccc2F)cs1. The number of hydrogen-bond acceptors (Lipinski definition) is 3. The third-order valence-corrected chi connectivity index (χ3v) is 3.93. The molecule has 102 valence electrons. The third-order valence-electron chi connectivity index (χ3n) is 2.58. The molecule has 0 atom stereocenters. The maximum absolute atomic E-state index is 13.8. The first-order valence-corrected chi connectivity index (χ1v) is 7.84. The van der Waals surface area contributed by atoms with Crippen LogP contribution in [0, 0.1) is 11.7 Å². The number of benzene rings is 1. The van der Waals surface area contributed by atoms with Gasteiger partial charge >= 0.3 is 0 Å². The highest BCUT2D eigenvalue weighted by molar-refractivity contribution is 9.10. The molecular weight excluding hydrogens is 327 g/mol. The van der Waals surface area contributed by atoms with E-state index in [1.807, 2.05) is 5.38 Å². The molecule has 0 aliphatic rings. The zero-order valence-corrected chi connectivity index (χ0v) is 13.3. The second-order valence-corrected chi connectivity index (χ2v) is 6.63. The molecule has 5 heteroatoms. The highest BCUT2D eigenvalue weighted by atomic mass is 79.9. The van der Waals surface area contributed by atoms with Gasteiger partial charge in [0.2, 0.25) is 0 Å². The Kier molecular flexibility index (Phi) is 5.07. The average Bonchev–Trinajstić information content (AvgIpc) is 2.80. The Bertz CT molecular complexity index is 554. The van der Waals surface area contributed by atoms with E-state index >= 15 is 0 Å². The Morgan fingerprint density at radius 2 is 2.21 bits per heavy atom. The minimum absolute atomic E-state index is 0.241. The number of halogens is 2. The van der Waals surface area contributed by atoms with E-state index in [4.69, 9.17) is 0 Å². The van der Waals surface area contributed by atoms with Crippen LogP contribution in [0.1, 0.15) is 18.9 Å². The molecule has 0 fully saturated rings. The molecule has 1 heterocycles. The van der Waals surface area contributed by atoms with Gasteiger partial charge in [-0.25, -0.2) is 9.37 Å². The summed E-state index contributed by atoms with van der Waals surface area (Å²) >= 11 is 4.91. The van der Waals surface area contributed by atoms with Gasteiger partial charge < -0.3 is 5.32 Å². The molecule has 0 unspecified atom stereocenters. The van der Waals surface area contributed by atoms with Crippen molar-refractivity contribution in [2.75, 3.05) is 6.54 Å². The number of nitrogens with one attached hydrogen (secondary N) is 1. The van der Waals surface area contributed by atoms with E-state index in [9.17, 15) is 4.39 Å². The van der Waals surface area contributed by atoms with Crippen molar-refractivity contribution in [3.63, 3.8) is 0 Å². The largest absolute Gasteiger partial charge is 0.310 e. The van der Waals surface area contributed by atoms with Crippen molar-refractivity contribution in [3.8, 4) is 11.3 Å². The Labute approximate surface area is 125 Å². The van der Waals surface area contributed by atoms with Gasteiger partial charge in [-0.15, -0.1) is 11.3 Å². The van der Waals surface area contributed by atoms with Crippen LogP contribution < -0.4 is 5.32 Å². The molecule has 0 radical (unpaired) electrons. The van der Waals surface area contributed by atoms with Gasteiger partial charge in [-0.2, -0.15) is 0 Å². The monoisotopic (exact) mass is 342 g/mol. The molecule has 1 aromatic carbocycles. The fourth-order valence-corrected chi connectivity index (χ4v) is 2.80. The Hall–Kier alpha value is -0.780. The van der Waals surface area contributed by atoms with Crippen molar-refractivity contribution >= 4 is 27.3 Å². The van der Waals surface area contributed by atoms with Crippen molar-refractivity contribution in [2.45, 2.75) is 20.4 Å². The molecule has 1 aromatic heterocycles. The minimum atomic E-state index is -0.241. The van der Waals surface area contributed by atoms with E-state index in [1.165, 1.54) is 6.07 Å². The molecule has 19 heavy (non-hydrogen) atoms. The molecule has 1 N–H and O–H groups in total. The van der Waals surface area contributed by atoms with E-state index in [1.54, 1.807) is 23.5 Å². The number of thiazole rings is 1. The predicted molar refractivity (Wildman–Crippen MR) is 81.8 cm³/mol. The zero-order chi connectivity index (χ0) is 13.8. The van der Waals surface area contributed by atoms with Crippen molar-refractivity contribution in [3.05, 3.63) is 38.9 Å². The van der Waals surface area contributed by atoms with Crippen LogP contribution in [0.15, 0.2) is 28.1 Å². The second-order valence-electron chi connectivity index (χ2n) is 4.78. The quantitative estimate of drug-likeness (QED) is 0.867. The van der Waals surface area contributed by atoms with Crippen LogP contribution in [0.4, 0.5) is 4.39 Å². The summed E-state index contributed by atoms with van der Waals surface area (Å²) in [5.41, 5.74) is 1.24. The standard InChI is InChI=1S/C14H16BrFN2S/c1-9(2)6-17-7-14-18-13(8-19-14)11-5-10(15)3-4-12(11)16/h3-5,8-9,17H,6-7H2,1-2H3. The van der Waals surface area contributed by atoms with Gasteiger partial charge in [-0.3, -0.25) is 0 Å². The summed E-state index contributed by atoms with van der Waals surface area (Å²) in [7, 11) is 0. The van der Waals surface area contributed by atoms with Gasteiger partial charge in [0.25, 0.3) is 0 Å². The third kappa shape index (κ3) is 4.09. The maximum Gasteiger partial charge on any atom is 0.132 e. The van der Waals surface area contributed by atoms with Crippen molar-refractivity contribution in [1.82, 2.24) is 10.3 Å². The van der Waals surface area contributed by atoms with Crippen LogP contribution in [0.3, 0.4) is 0 Å². The van der Waals surface area contributed by atoms with Crippen LogP contribution >= 0.6 is 27.3 Å². The van der Waals surface area contributed by atoms with Crippen LogP contribution in [-0.2, 0) is 6.54 Å². The van der Waals surface area contributed by atoms with Gasteiger partial charge in [0, 0.05) is 22.0 Å². The summed E-state index contributed by atoms with van der Waals surface area (Å²) in [6, 6.07) is 4.90. The molecule has 0 saturated carbocycles. The van der Waals surface area contributed by atoms with Crippen LogP contribution in [0.5, 0.6) is 0 Å². The minimum Gasteiger partial charge on any atom is -0.310 e. The van der Waals surface area contributed by atoms with Crippen LogP contribution in [0.2, 0.25) is 0 Å². The van der Waals surface area contributed by atoms with Gasteiger partial charge in [0.1, 0.15) is 10.8 Å². The lowest BCUT2D eigenvalue weighted by Crippen LogP contribution is -2.18. The number of rotatable bonds is 5. The van der Waals surface area contributed by atoms with E-state index in [0.29, 0.717) is 17.2 Å². The normalized spacial score (nSPS) is 11.2. The van der Waals surface area contributed by atoms with Crippen molar-refractivity contribution in [2.24, 2.45) is 5.92 Å². The predicted octanol–water partition coefficient (Wildman–Crippen LogP) is 4.46. The molecule has 2 nitrogen and oxygen atoms in total. The van der Waals surface area contributed by atoms with Crippen LogP contribution in [0.25, 0.3) is 11.3 Å². The molecular formula is C14H16BrFN2S. The summed E-state index contributed by atoms with van der Waals surface area (Å²) in [5.74, 6) is 0.372. The molecule has 0 aliphatic heterocycles. The Morgan fingerprint density at radius 3 is 2.95 bits per heavy atom. The maximum atomic E-state index is 13.8. The van der Waals surface area contributed by atoms with E-state index in [2.05, 4.69) is 40.1 Å². The van der Waals surface area contributed by atoms with Gasteiger partial charge in [0.05, 0.1) is 5.69 Å². The highest BCUT2D eigenvalue weighted by Gasteiger charge is 2.10. The molecule has 0 aliphatic carbocycles. The van der Waals surface area contributed by atoms with Gasteiger partial charge in [0.15, 0.2) is 0 Å². The summed E-state index contributed by atoms with van der Waals surface area (Å²) < 4.78 is 14.6. The number of hydrogen-bond donors (Lipinski definition) is 1. The van der Waals surface area contributed by atoms with Crippen LogP contribution in [-0.4, -0.2) is 11.5 Å². The Morgan fingerprint density at radius 1 is 1.42 bits per heavy atom.